The number of carboxylic acids is 1. The minimum absolute atomic E-state index is 0.399. The molecule has 1 aliphatic carbocycles. The third-order valence-corrected chi connectivity index (χ3v) is 3.87. The predicted molar refractivity (Wildman–Crippen MR) is 77.6 cm³/mol. The van der Waals surface area contributed by atoms with Crippen LogP contribution in [0.25, 0.3) is 0 Å². The Morgan fingerprint density at radius 3 is 2.35 bits per heavy atom. The second-order valence-corrected chi connectivity index (χ2v) is 5.50. The van der Waals surface area contributed by atoms with Gasteiger partial charge in [-0.15, -0.1) is 0 Å². The van der Waals surface area contributed by atoms with Crippen molar-refractivity contribution in [2.75, 3.05) is 5.32 Å². The van der Waals surface area contributed by atoms with Crippen molar-refractivity contribution in [3.05, 3.63) is 29.8 Å². The second-order valence-electron chi connectivity index (χ2n) is 5.50. The third-order valence-electron chi connectivity index (χ3n) is 3.87. The molecule has 0 aromatic heterocycles. The second kappa shape index (κ2) is 6.07. The van der Waals surface area contributed by atoms with Crippen LogP contribution in [0.3, 0.4) is 0 Å². The monoisotopic (exact) mass is 275 g/mol. The van der Waals surface area contributed by atoms with Gasteiger partial charge in [0.2, 0.25) is 5.91 Å². The Kier molecular flexibility index (Phi) is 4.42. The van der Waals surface area contributed by atoms with Crippen LogP contribution in [-0.4, -0.2) is 17.0 Å². The molecule has 1 fully saturated rings. The molecule has 2 rings (SSSR count). The molecule has 0 aliphatic heterocycles. The topological polar surface area (TPSA) is 66.4 Å². The molecule has 2 N–H and O–H groups in total. The van der Waals surface area contributed by atoms with Crippen LogP contribution in [-0.2, 0) is 16.0 Å². The highest BCUT2D eigenvalue weighted by atomic mass is 16.4. The van der Waals surface area contributed by atoms with Crippen molar-refractivity contribution in [2.24, 2.45) is 5.41 Å². The van der Waals surface area contributed by atoms with Crippen LogP contribution in [0, 0.1) is 5.41 Å². The zero-order valence-electron chi connectivity index (χ0n) is 11.8. The maximum Gasteiger partial charge on any atom is 0.319 e. The predicted octanol–water partition coefficient (Wildman–Crippen LogP) is 3.22. The van der Waals surface area contributed by atoms with Gasteiger partial charge in [0.05, 0.1) is 0 Å². The molecule has 0 bridgehead atoms. The Morgan fingerprint density at radius 1 is 1.20 bits per heavy atom. The highest BCUT2D eigenvalue weighted by Crippen LogP contribution is 2.46. The number of carbonyl (C=O) groups is 2. The van der Waals surface area contributed by atoms with E-state index in [0.717, 1.165) is 6.42 Å². The van der Waals surface area contributed by atoms with Gasteiger partial charge in [0, 0.05) is 5.69 Å². The fraction of sp³-hybridized carbons (Fsp3) is 0.500. The molecular weight excluding hydrogens is 254 g/mol. The summed E-state index contributed by atoms with van der Waals surface area (Å²) in [5.41, 5.74) is 0.734. The SMILES string of the molecule is CCCCCc1ccc(NC(=O)C2(C(=O)O)CC2)cc1. The van der Waals surface area contributed by atoms with E-state index in [1.807, 2.05) is 24.3 Å². The Labute approximate surface area is 119 Å². The van der Waals surface area contributed by atoms with Crippen molar-refractivity contribution in [2.45, 2.75) is 45.4 Å². The van der Waals surface area contributed by atoms with E-state index in [0.29, 0.717) is 18.5 Å². The van der Waals surface area contributed by atoms with Gasteiger partial charge in [-0.1, -0.05) is 31.9 Å². The van der Waals surface area contributed by atoms with Crippen molar-refractivity contribution in [1.29, 1.82) is 0 Å². The Hall–Kier alpha value is -1.84. The van der Waals surface area contributed by atoms with E-state index in [-0.39, 0.29) is 0 Å². The molecule has 1 aliphatic rings. The first-order valence-electron chi connectivity index (χ1n) is 7.22. The lowest BCUT2D eigenvalue weighted by atomic mass is 10.1. The van der Waals surface area contributed by atoms with Crippen LogP contribution in [0.4, 0.5) is 5.69 Å². The number of carbonyl (C=O) groups excluding carboxylic acids is 1. The summed E-state index contributed by atoms with van der Waals surface area (Å²) in [6.45, 7) is 2.18. The summed E-state index contributed by atoms with van der Waals surface area (Å²) in [4.78, 5) is 23.0. The van der Waals surface area contributed by atoms with E-state index in [4.69, 9.17) is 5.11 Å². The fourth-order valence-corrected chi connectivity index (χ4v) is 2.25. The molecule has 0 unspecified atom stereocenters. The smallest absolute Gasteiger partial charge is 0.319 e. The van der Waals surface area contributed by atoms with Crippen molar-refractivity contribution in [3.63, 3.8) is 0 Å². The average molecular weight is 275 g/mol. The lowest BCUT2D eigenvalue weighted by molar-refractivity contribution is -0.147. The van der Waals surface area contributed by atoms with E-state index in [2.05, 4.69) is 12.2 Å². The minimum Gasteiger partial charge on any atom is -0.480 e. The van der Waals surface area contributed by atoms with Gasteiger partial charge in [0.15, 0.2) is 0 Å². The van der Waals surface area contributed by atoms with E-state index in [9.17, 15) is 9.59 Å². The summed E-state index contributed by atoms with van der Waals surface area (Å²) in [5.74, 6) is -1.42. The van der Waals surface area contributed by atoms with Crippen LogP contribution in [0.1, 0.15) is 44.6 Å². The van der Waals surface area contributed by atoms with E-state index in [1.165, 1.54) is 24.8 Å². The summed E-state index contributed by atoms with van der Waals surface area (Å²) in [7, 11) is 0. The van der Waals surface area contributed by atoms with Crippen LogP contribution in [0.5, 0.6) is 0 Å². The molecule has 20 heavy (non-hydrogen) atoms. The number of unbranched alkanes of at least 4 members (excludes halogenated alkanes) is 2. The summed E-state index contributed by atoms with van der Waals surface area (Å²) in [6, 6.07) is 7.67. The molecular formula is C16H21NO3. The normalized spacial score (nSPS) is 15.7. The van der Waals surface area contributed by atoms with Crippen LogP contribution < -0.4 is 5.32 Å². The van der Waals surface area contributed by atoms with Gasteiger partial charge in [-0.05, 0) is 43.4 Å². The van der Waals surface area contributed by atoms with Gasteiger partial charge in [0.1, 0.15) is 5.41 Å². The molecule has 4 heteroatoms. The standard InChI is InChI=1S/C16H21NO3/c1-2-3-4-5-12-6-8-13(9-7-12)17-14(18)16(10-11-16)15(19)20/h6-9H,2-5,10-11H2,1H3,(H,17,18)(H,19,20). The van der Waals surface area contributed by atoms with Crippen LogP contribution in [0.2, 0.25) is 0 Å². The summed E-state index contributed by atoms with van der Waals surface area (Å²) < 4.78 is 0. The highest BCUT2D eigenvalue weighted by Gasteiger charge is 2.57. The maximum absolute atomic E-state index is 11.9. The number of aryl methyl sites for hydroxylation is 1. The molecule has 0 atom stereocenters. The number of rotatable bonds is 7. The molecule has 0 radical (unpaired) electrons. The molecule has 4 nitrogen and oxygen atoms in total. The molecule has 1 amide bonds. The number of benzene rings is 1. The minimum atomic E-state index is -1.18. The number of hydrogen-bond donors (Lipinski definition) is 2. The number of hydrogen-bond acceptors (Lipinski definition) is 2. The number of carboxylic acid groups (broad SMARTS) is 1. The number of amides is 1. The van der Waals surface area contributed by atoms with Crippen molar-refractivity contribution >= 4 is 17.6 Å². The number of anilines is 1. The summed E-state index contributed by atoms with van der Waals surface area (Å²) >= 11 is 0. The lowest BCUT2D eigenvalue weighted by Crippen LogP contribution is -2.31. The molecule has 1 saturated carbocycles. The molecule has 0 saturated heterocycles. The average Bonchev–Trinajstić information content (AvgIpc) is 3.22. The zero-order valence-corrected chi connectivity index (χ0v) is 11.8. The van der Waals surface area contributed by atoms with Crippen molar-refractivity contribution in [3.8, 4) is 0 Å². The highest BCUT2D eigenvalue weighted by molar-refractivity contribution is 6.10. The van der Waals surface area contributed by atoms with Gasteiger partial charge in [0.25, 0.3) is 0 Å². The lowest BCUT2D eigenvalue weighted by Gasteiger charge is -2.11. The zero-order chi connectivity index (χ0) is 14.6. The molecule has 0 heterocycles. The first-order chi connectivity index (χ1) is 9.58. The van der Waals surface area contributed by atoms with Gasteiger partial charge in [-0.3, -0.25) is 9.59 Å². The van der Waals surface area contributed by atoms with Crippen molar-refractivity contribution < 1.29 is 14.7 Å². The first kappa shape index (κ1) is 14.6. The van der Waals surface area contributed by atoms with Gasteiger partial charge in [-0.2, -0.15) is 0 Å². The van der Waals surface area contributed by atoms with Crippen molar-refractivity contribution in [1.82, 2.24) is 0 Å². The number of aliphatic carboxylic acids is 1. The third kappa shape index (κ3) is 3.18. The Morgan fingerprint density at radius 2 is 1.85 bits per heavy atom. The summed E-state index contributed by atoms with van der Waals surface area (Å²) in [6.07, 6.45) is 5.50. The number of nitrogens with one attached hydrogen (secondary N) is 1. The Balaban J connectivity index is 1.91. The van der Waals surface area contributed by atoms with Crippen LogP contribution >= 0.6 is 0 Å². The van der Waals surface area contributed by atoms with Gasteiger partial charge < -0.3 is 10.4 Å². The van der Waals surface area contributed by atoms with E-state index in [1.54, 1.807) is 0 Å². The molecule has 0 spiro atoms. The molecule has 1 aromatic rings. The molecule has 1 aromatic carbocycles. The molecule has 108 valence electrons. The Bertz CT molecular complexity index is 489. The fourth-order valence-electron chi connectivity index (χ4n) is 2.25. The van der Waals surface area contributed by atoms with Crippen LogP contribution in [0.15, 0.2) is 24.3 Å². The summed E-state index contributed by atoms with van der Waals surface area (Å²) in [5, 5.41) is 11.8. The van der Waals surface area contributed by atoms with Gasteiger partial charge >= 0.3 is 5.97 Å². The van der Waals surface area contributed by atoms with Gasteiger partial charge in [-0.25, -0.2) is 0 Å². The quantitative estimate of drug-likeness (QED) is 0.593. The first-order valence-corrected chi connectivity index (χ1v) is 7.22. The largest absolute Gasteiger partial charge is 0.480 e. The maximum atomic E-state index is 11.9. The van der Waals surface area contributed by atoms with E-state index >= 15 is 0 Å². The van der Waals surface area contributed by atoms with E-state index < -0.39 is 17.3 Å².